The van der Waals surface area contributed by atoms with E-state index in [9.17, 15) is 9.18 Å². The fourth-order valence-corrected chi connectivity index (χ4v) is 3.15. The van der Waals surface area contributed by atoms with E-state index in [-0.39, 0.29) is 17.4 Å². The van der Waals surface area contributed by atoms with Crippen LogP contribution >= 0.6 is 0 Å². The maximum absolute atomic E-state index is 13.7. The Hall–Kier alpha value is -3.48. The molecule has 1 fully saturated rings. The predicted octanol–water partition coefficient (Wildman–Crippen LogP) is 4.21. The molecule has 4 rings (SSSR count). The number of nitrogens with one attached hydrogen (secondary N) is 2. The van der Waals surface area contributed by atoms with Crippen molar-refractivity contribution in [3.05, 3.63) is 72.2 Å². The molecule has 2 heterocycles. The highest BCUT2D eigenvalue weighted by molar-refractivity contribution is 6.02. The van der Waals surface area contributed by atoms with Crippen LogP contribution in [0, 0.1) is 5.82 Å². The average Bonchev–Trinajstić information content (AvgIpc) is 3.26. The Morgan fingerprint density at radius 2 is 1.68 bits per heavy atom. The lowest BCUT2D eigenvalue weighted by Crippen LogP contribution is -2.18. The molecule has 1 aromatic heterocycles. The van der Waals surface area contributed by atoms with Crippen LogP contribution in [0.2, 0.25) is 0 Å². The molecule has 142 valence electrons. The number of rotatable bonds is 5. The highest BCUT2D eigenvalue weighted by atomic mass is 19.1. The van der Waals surface area contributed by atoms with Crippen LogP contribution in [0.25, 0.3) is 0 Å². The number of benzene rings is 2. The van der Waals surface area contributed by atoms with Crippen LogP contribution in [0.5, 0.6) is 0 Å². The van der Waals surface area contributed by atoms with Gasteiger partial charge >= 0.3 is 0 Å². The van der Waals surface area contributed by atoms with Gasteiger partial charge in [-0.15, -0.1) is 10.2 Å². The van der Waals surface area contributed by atoms with E-state index < -0.39 is 0 Å². The number of hydrogen-bond donors (Lipinski definition) is 2. The normalized spacial score (nSPS) is 13.4. The van der Waals surface area contributed by atoms with E-state index in [1.807, 2.05) is 24.3 Å². The van der Waals surface area contributed by atoms with Gasteiger partial charge in [-0.05, 0) is 61.4 Å². The summed E-state index contributed by atoms with van der Waals surface area (Å²) in [6, 6.07) is 17.2. The number of hydrogen-bond acceptors (Lipinski definition) is 5. The van der Waals surface area contributed by atoms with Crippen LogP contribution in [-0.4, -0.2) is 29.2 Å². The van der Waals surface area contributed by atoms with Gasteiger partial charge in [0, 0.05) is 24.5 Å². The number of para-hydroxylation sites is 1. The van der Waals surface area contributed by atoms with E-state index in [0.717, 1.165) is 13.1 Å². The summed E-state index contributed by atoms with van der Waals surface area (Å²) in [5, 5.41) is 13.5. The van der Waals surface area contributed by atoms with Gasteiger partial charge in [-0.25, -0.2) is 4.39 Å². The number of aromatic nitrogens is 2. The van der Waals surface area contributed by atoms with Crippen molar-refractivity contribution in [3.63, 3.8) is 0 Å². The van der Waals surface area contributed by atoms with Gasteiger partial charge in [0.2, 0.25) is 0 Å². The minimum Gasteiger partial charge on any atom is -0.372 e. The molecule has 0 unspecified atom stereocenters. The van der Waals surface area contributed by atoms with Crippen molar-refractivity contribution in [2.45, 2.75) is 12.8 Å². The van der Waals surface area contributed by atoms with E-state index in [1.165, 1.54) is 24.6 Å². The molecular weight excluding hydrogens is 357 g/mol. The first-order valence-electron chi connectivity index (χ1n) is 9.21. The number of amides is 1. The number of halogens is 1. The van der Waals surface area contributed by atoms with Crippen molar-refractivity contribution in [2.24, 2.45) is 0 Å². The van der Waals surface area contributed by atoms with Gasteiger partial charge in [-0.1, -0.05) is 12.1 Å². The molecule has 2 aromatic carbocycles. The summed E-state index contributed by atoms with van der Waals surface area (Å²) in [6.45, 7) is 2.16. The summed E-state index contributed by atoms with van der Waals surface area (Å²) < 4.78 is 13.7. The Labute approximate surface area is 162 Å². The lowest BCUT2D eigenvalue weighted by molar-refractivity contribution is 0.102. The molecule has 0 saturated carbocycles. The second-order valence-electron chi connectivity index (χ2n) is 6.60. The SMILES string of the molecule is O=C(Nc1ccc(N2CCCC2)cc1)c1ccc(Nc2ccccc2F)nn1. The molecule has 0 radical (unpaired) electrons. The average molecular weight is 377 g/mol. The first-order valence-corrected chi connectivity index (χ1v) is 9.21. The first-order chi connectivity index (χ1) is 13.7. The van der Waals surface area contributed by atoms with Crippen LogP contribution in [0.3, 0.4) is 0 Å². The third kappa shape index (κ3) is 4.09. The number of carbonyl (C=O) groups excluding carboxylic acids is 1. The quantitative estimate of drug-likeness (QED) is 0.697. The Bertz CT molecular complexity index is 953. The molecule has 1 aliphatic rings. The molecule has 28 heavy (non-hydrogen) atoms. The summed E-state index contributed by atoms with van der Waals surface area (Å²) in [5.74, 6) is -0.376. The van der Waals surface area contributed by atoms with Crippen LogP contribution in [0.15, 0.2) is 60.7 Å². The zero-order valence-corrected chi connectivity index (χ0v) is 15.2. The molecule has 1 saturated heterocycles. The maximum atomic E-state index is 13.7. The minimum atomic E-state index is -0.386. The molecular formula is C21H20FN5O. The van der Waals surface area contributed by atoms with Crippen molar-refractivity contribution >= 4 is 28.8 Å². The third-order valence-corrected chi connectivity index (χ3v) is 4.63. The van der Waals surface area contributed by atoms with E-state index >= 15 is 0 Å². The number of carbonyl (C=O) groups is 1. The van der Waals surface area contributed by atoms with Gasteiger partial charge in [0.15, 0.2) is 11.5 Å². The van der Waals surface area contributed by atoms with Gasteiger partial charge in [0.1, 0.15) is 5.82 Å². The van der Waals surface area contributed by atoms with Crippen molar-refractivity contribution in [3.8, 4) is 0 Å². The molecule has 0 bridgehead atoms. The standard InChI is InChI=1S/C21H20FN5O/c22-17-5-1-2-6-18(17)24-20-12-11-19(25-26-20)21(28)23-15-7-9-16(10-8-15)27-13-3-4-14-27/h1-2,5-12H,3-4,13-14H2,(H,23,28)(H,24,26). The van der Waals surface area contributed by atoms with Crippen LogP contribution in [0.4, 0.5) is 27.3 Å². The van der Waals surface area contributed by atoms with Crippen molar-refractivity contribution in [1.29, 1.82) is 0 Å². The molecule has 1 amide bonds. The van der Waals surface area contributed by atoms with Gasteiger partial charge in [-0.2, -0.15) is 0 Å². The number of nitrogens with zero attached hydrogens (tertiary/aromatic N) is 3. The Morgan fingerprint density at radius 3 is 2.36 bits per heavy atom. The molecule has 1 aliphatic heterocycles. The Balaban J connectivity index is 1.38. The second-order valence-corrected chi connectivity index (χ2v) is 6.60. The van der Waals surface area contributed by atoms with E-state index in [2.05, 4.69) is 25.7 Å². The molecule has 7 heteroatoms. The van der Waals surface area contributed by atoms with Crippen LogP contribution in [0.1, 0.15) is 23.3 Å². The van der Waals surface area contributed by atoms with E-state index in [0.29, 0.717) is 17.2 Å². The lowest BCUT2D eigenvalue weighted by atomic mass is 10.2. The fraction of sp³-hybridized carbons (Fsp3) is 0.190. The highest BCUT2D eigenvalue weighted by Crippen LogP contribution is 2.22. The highest BCUT2D eigenvalue weighted by Gasteiger charge is 2.13. The smallest absolute Gasteiger partial charge is 0.276 e. The fourth-order valence-electron chi connectivity index (χ4n) is 3.15. The third-order valence-electron chi connectivity index (χ3n) is 4.63. The van der Waals surface area contributed by atoms with Gasteiger partial charge in [-0.3, -0.25) is 4.79 Å². The van der Waals surface area contributed by atoms with Crippen LogP contribution in [-0.2, 0) is 0 Å². The van der Waals surface area contributed by atoms with Crippen LogP contribution < -0.4 is 15.5 Å². The molecule has 2 N–H and O–H groups in total. The molecule has 3 aromatic rings. The van der Waals surface area contributed by atoms with E-state index in [4.69, 9.17) is 0 Å². The molecule has 0 spiro atoms. The lowest BCUT2D eigenvalue weighted by Gasteiger charge is -2.17. The maximum Gasteiger partial charge on any atom is 0.276 e. The van der Waals surface area contributed by atoms with Crippen molar-refractivity contribution < 1.29 is 9.18 Å². The minimum absolute atomic E-state index is 0.183. The van der Waals surface area contributed by atoms with Crippen molar-refractivity contribution in [2.75, 3.05) is 28.6 Å². The zero-order valence-electron chi connectivity index (χ0n) is 15.2. The predicted molar refractivity (Wildman–Crippen MR) is 108 cm³/mol. The number of anilines is 4. The summed E-state index contributed by atoms with van der Waals surface area (Å²) in [4.78, 5) is 14.7. The van der Waals surface area contributed by atoms with Gasteiger partial charge < -0.3 is 15.5 Å². The topological polar surface area (TPSA) is 70.2 Å². The second kappa shape index (κ2) is 8.04. The summed E-state index contributed by atoms with van der Waals surface area (Å²) in [5.41, 5.74) is 2.34. The molecule has 0 atom stereocenters. The zero-order chi connectivity index (χ0) is 19.3. The Kier molecular flexibility index (Phi) is 5.14. The largest absolute Gasteiger partial charge is 0.372 e. The first kappa shape index (κ1) is 17.9. The van der Waals surface area contributed by atoms with Crippen molar-refractivity contribution in [1.82, 2.24) is 10.2 Å². The summed E-state index contributed by atoms with van der Waals surface area (Å²) in [7, 11) is 0. The Morgan fingerprint density at radius 1 is 0.929 bits per heavy atom. The summed E-state index contributed by atoms with van der Waals surface area (Å²) >= 11 is 0. The monoisotopic (exact) mass is 377 g/mol. The van der Waals surface area contributed by atoms with Gasteiger partial charge in [0.25, 0.3) is 5.91 Å². The van der Waals surface area contributed by atoms with E-state index in [1.54, 1.807) is 30.3 Å². The van der Waals surface area contributed by atoms with Gasteiger partial charge in [0.05, 0.1) is 5.69 Å². The molecule has 6 nitrogen and oxygen atoms in total. The summed E-state index contributed by atoms with van der Waals surface area (Å²) in [6.07, 6.45) is 2.44. The molecule has 0 aliphatic carbocycles.